The number of amides is 5. The number of likely N-dealkylation sites (N-methyl/N-ethyl adjacent to an activating group) is 1. The van der Waals surface area contributed by atoms with Crippen LogP contribution in [0, 0.1) is 5.41 Å². The normalized spacial score (nSPS) is 23.5. The van der Waals surface area contributed by atoms with Crippen LogP contribution < -0.4 is 31.1 Å². The average molecular weight is 922 g/mol. The molecule has 0 radical (unpaired) electrons. The van der Waals surface area contributed by atoms with Gasteiger partial charge in [-0.1, -0.05) is 31.5 Å². The zero-order valence-corrected chi connectivity index (χ0v) is 38.7. The van der Waals surface area contributed by atoms with Crippen LogP contribution in [0.3, 0.4) is 0 Å². The quantitative estimate of drug-likeness (QED) is 0.155. The van der Waals surface area contributed by atoms with Gasteiger partial charge in [0.25, 0.3) is 23.3 Å². The summed E-state index contributed by atoms with van der Waals surface area (Å²) < 4.78 is 13.9. The minimum atomic E-state index is -0.982. The minimum absolute atomic E-state index is 0.0862. The number of nitrogens with one attached hydrogen (secondary N) is 3. The van der Waals surface area contributed by atoms with E-state index in [1.54, 1.807) is 22.9 Å². The number of anilines is 3. The number of piperidine rings is 3. The van der Waals surface area contributed by atoms with E-state index in [1.807, 2.05) is 44.2 Å². The Morgan fingerprint density at radius 3 is 2.41 bits per heavy atom. The Morgan fingerprint density at radius 1 is 0.939 bits per heavy atom. The number of halogens is 1. The summed E-state index contributed by atoms with van der Waals surface area (Å²) in [5.74, 6) is -1.00. The van der Waals surface area contributed by atoms with Crippen molar-refractivity contribution in [2.24, 2.45) is 5.41 Å². The van der Waals surface area contributed by atoms with Crippen molar-refractivity contribution >= 4 is 69.5 Å². The van der Waals surface area contributed by atoms with E-state index >= 15 is 0 Å². The van der Waals surface area contributed by atoms with Gasteiger partial charge in [0.15, 0.2) is 18.2 Å². The highest BCUT2D eigenvalue weighted by molar-refractivity contribution is 6.33. The van der Waals surface area contributed by atoms with Crippen molar-refractivity contribution in [1.29, 1.82) is 0 Å². The number of carbonyl (C=O) groups excluding carboxylic acids is 5. The van der Waals surface area contributed by atoms with Gasteiger partial charge >= 0.3 is 0 Å². The molecule has 3 saturated heterocycles. The summed E-state index contributed by atoms with van der Waals surface area (Å²) >= 11 is 6.61. The zero-order valence-electron chi connectivity index (χ0n) is 37.9. The minimum Gasteiger partial charge on any atom is -0.478 e. The predicted molar refractivity (Wildman–Crippen MR) is 247 cm³/mol. The first-order valence-electron chi connectivity index (χ1n) is 22.9. The molecule has 18 heteroatoms. The van der Waals surface area contributed by atoms with Gasteiger partial charge in [0.05, 0.1) is 35.0 Å². The molecule has 9 rings (SSSR count). The topological polar surface area (TPSA) is 197 Å². The van der Waals surface area contributed by atoms with Gasteiger partial charge in [0.2, 0.25) is 17.8 Å². The van der Waals surface area contributed by atoms with Crippen molar-refractivity contribution in [3.63, 3.8) is 0 Å². The number of likely N-dealkylation sites (tertiary alicyclic amines) is 1. The van der Waals surface area contributed by atoms with Crippen LogP contribution in [0.5, 0.6) is 5.75 Å². The fourth-order valence-corrected chi connectivity index (χ4v) is 10.5. The van der Waals surface area contributed by atoms with E-state index < -0.39 is 29.7 Å². The smallest absolute Gasteiger partial charge is 0.293 e. The van der Waals surface area contributed by atoms with Gasteiger partial charge in [-0.15, -0.1) is 0 Å². The van der Waals surface area contributed by atoms with Gasteiger partial charge in [-0.05, 0) is 112 Å². The Bertz CT molecular complexity index is 2670. The van der Waals surface area contributed by atoms with Crippen molar-refractivity contribution in [3.8, 4) is 5.75 Å². The van der Waals surface area contributed by atoms with Crippen LogP contribution in [-0.2, 0) is 19.1 Å². The first-order valence-corrected chi connectivity index (χ1v) is 23.3. The maximum atomic E-state index is 13.5. The number of benzene rings is 2. The zero-order chi connectivity index (χ0) is 46.6. The molecule has 5 aliphatic rings. The summed E-state index contributed by atoms with van der Waals surface area (Å²) in [4.78, 5) is 91.3. The molecular formula is C48H56ClN9O8. The molecule has 4 fully saturated rings. The van der Waals surface area contributed by atoms with Gasteiger partial charge in [-0.25, -0.2) is 4.98 Å². The largest absolute Gasteiger partial charge is 0.478 e. The third-order valence-electron chi connectivity index (χ3n) is 14.0. The number of rotatable bonds is 12. The van der Waals surface area contributed by atoms with Gasteiger partial charge < -0.3 is 29.6 Å². The molecule has 0 spiro atoms. The number of carbonyl (C=O) groups is 5. The van der Waals surface area contributed by atoms with Crippen molar-refractivity contribution in [2.45, 2.75) is 109 Å². The van der Waals surface area contributed by atoms with E-state index in [1.165, 1.54) is 7.05 Å². The van der Waals surface area contributed by atoms with Gasteiger partial charge in [-0.2, -0.15) is 4.98 Å². The molecule has 2 atom stereocenters. The van der Waals surface area contributed by atoms with E-state index in [9.17, 15) is 28.8 Å². The molecule has 2 unspecified atom stereocenters. The molecule has 6 heterocycles. The van der Waals surface area contributed by atoms with Crippen LogP contribution in [0.2, 0.25) is 5.02 Å². The van der Waals surface area contributed by atoms with E-state index in [4.69, 9.17) is 26.1 Å². The highest BCUT2D eigenvalue weighted by atomic mass is 35.5. The molecule has 2 aromatic heterocycles. The van der Waals surface area contributed by atoms with Crippen molar-refractivity contribution < 1.29 is 33.4 Å². The highest BCUT2D eigenvalue weighted by Crippen LogP contribution is 2.46. The number of hydrogen-bond acceptors (Lipinski definition) is 13. The van der Waals surface area contributed by atoms with Crippen molar-refractivity contribution in [1.82, 2.24) is 35.0 Å². The van der Waals surface area contributed by atoms with Gasteiger partial charge in [0, 0.05) is 56.3 Å². The van der Waals surface area contributed by atoms with Crippen LogP contribution >= 0.6 is 11.6 Å². The molecule has 1 aliphatic carbocycles. The molecule has 1 saturated carbocycles. The second-order valence-corrected chi connectivity index (χ2v) is 19.5. The van der Waals surface area contributed by atoms with Crippen LogP contribution in [0.1, 0.15) is 111 Å². The first-order chi connectivity index (χ1) is 31.6. The van der Waals surface area contributed by atoms with Crippen LogP contribution in [0.4, 0.5) is 17.5 Å². The lowest BCUT2D eigenvalue weighted by Gasteiger charge is -2.51. The summed E-state index contributed by atoms with van der Waals surface area (Å²) in [6.07, 6.45) is 6.74. The number of fused-ring (bicyclic) bond motifs is 2. The lowest BCUT2D eigenvalue weighted by atomic mass is 9.69. The van der Waals surface area contributed by atoms with Crippen LogP contribution in [-0.4, -0.2) is 118 Å². The number of aromatic nitrogens is 3. The number of pyridine rings is 1. The Kier molecular flexibility index (Phi) is 12.4. The summed E-state index contributed by atoms with van der Waals surface area (Å²) in [6, 6.07) is 12.1. The highest BCUT2D eigenvalue weighted by Gasteiger charge is 2.47. The van der Waals surface area contributed by atoms with E-state index in [0.717, 1.165) is 79.6 Å². The maximum absolute atomic E-state index is 13.5. The summed E-state index contributed by atoms with van der Waals surface area (Å²) in [7, 11) is 1.51. The second kappa shape index (κ2) is 18.1. The van der Waals surface area contributed by atoms with E-state index in [-0.39, 0.29) is 66.2 Å². The van der Waals surface area contributed by atoms with E-state index in [0.29, 0.717) is 39.6 Å². The van der Waals surface area contributed by atoms with Crippen LogP contribution in [0.15, 0.2) is 53.5 Å². The standard InChI is InChI=1S/C48H56ClN9O8/c1-26(2)57-37-9-7-29(18-28(37)20-39(46(57)64)65-24-41(60)50-5)52-42-36(49)23-51-47(54-42)55-15-12-31(13-16-55)66-32-21-30(22-32)56-17-14-35(48(3,4)25-56)27-6-8-33-34(19-27)45(63)58(44(33)62)38-10-11-40(59)53-43(38)61/h6-9,18-20,23,26,30-32,35,38H,10-17,21-22,24-25H2,1-5H3,(H,50,60)(H,51,52,54)(H,53,59,61). The fourth-order valence-electron chi connectivity index (χ4n) is 10.4. The van der Waals surface area contributed by atoms with E-state index in [2.05, 4.69) is 44.6 Å². The molecule has 348 valence electrons. The van der Waals surface area contributed by atoms with Gasteiger partial charge in [-0.3, -0.25) is 43.9 Å². The Labute approximate surface area is 387 Å². The lowest BCUT2D eigenvalue weighted by molar-refractivity contribution is -0.136. The molecule has 2 aromatic carbocycles. The Morgan fingerprint density at radius 2 is 1.70 bits per heavy atom. The predicted octanol–water partition coefficient (Wildman–Crippen LogP) is 5.33. The summed E-state index contributed by atoms with van der Waals surface area (Å²) in [5, 5.41) is 9.21. The molecule has 4 aromatic rings. The number of imide groups is 2. The second-order valence-electron chi connectivity index (χ2n) is 19.1. The van der Waals surface area contributed by atoms with Crippen molar-refractivity contribution in [3.05, 3.63) is 80.7 Å². The third-order valence-corrected chi connectivity index (χ3v) is 14.2. The molecule has 17 nitrogen and oxygen atoms in total. The molecule has 3 N–H and O–H groups in total. The SMILES string of the molecule is CNC(=O)COc1cc2cc(Nc3nc(N4CCC(OC5CC(N6CCC(c7ccc8c(c7)C(=O)N(C7CCC(=O)NC7=O)C8=O)C(C)(C)C6)C5)CC4)ncc3Cl)ccc2n(C(C)C)c1=O. The number of nitrogens with zero attached hydrogens (tertiary/aromatic N) is 6. The fraction of sp³-hybridized carbons (Fsp3) is 0.500. The number of hydrogen-bond donors (Lipinski definition) is 3. The molecule has 0 bridgehead atoms. The molecular weight excluding hydrogens is 866 g/mol. The molecule has 5 amide bonds. The molecule has 66 heavy (non-hydrogen) atoms. The Hall–Kier alpha value is -5.91. The third kappa shape index (κ3) is 8.75. The Balaban J connectivity index is 0.765. The average Bonchev–Trinajstić information content (AvgIpc) is 3.51. The summed E-state index contributed by atoms with van der Waals surface area (Å²) in [6.45, 7) is 11.4. The van der Waals surface area contributed by atoms with Gasteiger partial charge in [0.1, 0.15) is 11.1 Å². The number of ether oxygens (including phenoxy) is 2. The van der Waals surface area contributed by atoms with Crippen molar-refractivity contribution in [2.75, 3.05) is 50.1 Å². The lowest BCUT2D eigenvalue weighted by Crippen LogP contribution is -2.55. The summed E-state index contributed by atoms with van der Waals surface area (Å²) in [5.41, 5.74) is 2.68. The first kappa shape index (κ1) is 45.3. The maximum Gasteiger partial charge on any atom is 0.293 e. The van der Waals surface area contributed by atoms with Crippen LogP contribution in [0.25, 0.3) is 10.9 Å². The monoisotopic (exact) mass is 921 g/mol. The molecule has 4 aliphatic heterocycles.